The average Bonchev–Trinajstić information content (AvgIpc) is 2.19. The summed E-state index contributed by atoms with van der Waals surface area (Å²) in [6.45, 7) is 8.16. The van der Waals surface area contributed by atoms with Crippen LogP contribution in [-0.2, 0) is 4.79 Å². The molecule has 3 atom stereocenters. The van der Waals surface area contributed by atoms with E-state index in [0.29, 0.717) is 12.3 Å². The Kier molecular flexibility index (Phi) is 6.77. The van der Waals surface area contributed by atoms with Gasteiger partial charge < -0.3 is 5.32 Å². The predicted molar refractivity (Wildman–Crippen MR) is 61.1 cm³/mol. The lowest BCUT2D eigenvalue weighted by Crippen LogP contribution is -2.37. The van der Waals surface area contributed by atoms with E-state index < -0.39 is 5.92 Å². The van der Waals surface area contributed by atoms with E-state index in [-0.39, 0.29) is 11.9 Å². The molecule has 0 fully saturated rings. The smallest absolute Gasteiger partial charge is 0.237 e. The van der Waals surface area contributed by atoms with E-state index in [2.05, 4.69) is 19.2 Å². The molecule has 0 aliphatic rings. The van der Waals surface area contributed by atoms with Gasteiger partial charge in [0.15, 0.2) is 0 Å². The van der Waals surface area contributed by atoms with Gasteiger partial charge in [0.2, 0.25) is 5.91 Å². The van der Waals surface area contributed by atoms with Crippen molar-refractivity contribution < 1.29 is 4.79 Å². The topological polar surface area (TPSA) is 52.9 Å². The molecule has 0 radical (unpaired) electrons. The van der Waals surface area contributed by atoms with Crippen LogP contribution >= 0.6 is 0 Å². The number of hydrogen-bond acceptors (Lipinski definition) is 2. The minimum Gasteiger partial charge on any atom is -0.353 e. The lowest BCUT2D eigenvalue weighted by atomic mass is 9.99. The summed E-state index contributed by atoms with van der Waals surface area (Å²) in [4.78, 5) is 11.6. The molecule has 0 saturated heterocycles. The summed E-state index contributed by atoms with van der Waals surface area (Å²) in [5.41, 5.74) is 0. The molecule has 3 unspecified atom stereocenters. The van der Waals surface area contributed by atoms with Crippen molar-refractivity contribution in [3.63, 3.8) is 0 Å². The molecule has 0 bridgehead atoms. The third kappa shape index (κ3) is 5.41. The number of nitrogens with one attached hydrogen (secondary N) is 1. The molecule has 1 amide bonds. The Balaban J connectivity index is 4.01. The van der Waals surface area contributed by atoms with Gasteiger partial charge in [-0.1, -0.05) is 27.2 Å². The molecule has 1 N–H and O–H groups in total. The Morgan fingerprint density at radius 1 is 1.33 bits per heavy atom. The Hall–Kier alpha value is -1.04. The van der Waals surface area contributed by atoms with Crippen LogP contribution < -0.4 is 5.32 Å². The first-order valence-corrected chi connectivity index (χ1v) is 5.75. The fourth-order valence-corrected chi connectivity index (χ4v) is 1.51. The third-order valence-electron chi connectivity index (χ3n) is 2.72. The Morgan fingerprint density at radius 2 is 1.93 bits per heavy atom. The quantitative estimate of drug-likeness (QED) is 0.732. The highest BCUT2D eigenvalue weighted by Crippen LogP contribution is 2.10. The molecular weight excluding hydrogens is 188 g/mol. The SMILES string of the molecule is CCC(C)CC(C)NC(=O)C(C#N)CC. The lowest BCUT2D eigenvalue weighted by molar-refractivity contribution is -0.124. The molecule has 15 heavy (non-hydrogen) atoms. The number of hydrogen-bond donors (Lipinski definition) is 1. The van der Waals surface area contributed by atoms with E-state index in [9.17, 15) is 4.79 Å². The molecule has 0 spiro atoms. The maximum absolute atomic E-state index is 11.6. The first-order valence-electron chi connectivity index (χ1n) is 5.75. The molecule has 0 aliphatic heterocycles. The maximum Gasteiger partial charge on any atom is 0.237 e. The van der Waals surface area contributed by atoms with Crippen LogP contribution in [0.3, 0.4) is 0 Å². The molecular formula is C12H22N2O. The molecule has 0 aromatic carbocycles. The zero-order valence-electron chi connectivity index (χ0n) is 10.2. The van der Waals surface area contributed by atoms with Crippen molar-refractivity contribution in [1.82, 2.24) is 5.32 Å². The summed E-state index contributed by atoms with van der Waals surface area (Å²) in [7, 11) is 0. The van der Waals surface area contributed by atoms with E-state index in [0.717, 1.165) is 12.8 Å². The van der Waals surface area contributed by atoms with Crippen LogP contribution in [0.1, 0.15) is 47.0 Å². The van der Waals surface area contributed by atoms with Gasteiger partial charge >= 0.3 is 0 Å². The third-order valence-corrected chi connectivity index (χ3v) is 2.72. The molecule has 0 heterocycles. The van der Waals surface area contributed by atoms with Crippen LogP contribution in [-0.4, -0.2) is 11.9 Å². The predicted octanol–water partition coefficient (Wildman–Crippen LogP) is 2.48. The summed E-state index contributed by atoms with van der Waals surface area (Å²) in [5, 5.41) is 11.6. The highest BCUT2D eigenvalue weighted by molar-refractivity contribution is 5.81. The van der Waals surface area contributed by atoms with Gasteiger partial charge in [-0.3, -0.25) is 4.79 Å². The average molecular weight is 210 g/mol. The maximum atomic E-state index is 11.6. The van der Waals surface area contributed by atoms with Crippen LogP contribution in [0.5, 0.6) is 0 Å². The Labute approximate surface area is 92.9 Å². The van der Waals surface area contributed by atoms with Gasteiger partial charge in [-0.2, -0.15) is 5.26 Å². The lowest BCUT2D eigenvalue weighted by Gasteiger charge is -2.18. The minimum absolute atomic E-state index is 0.129. The number of amides is 1. The number of nitriles is 1. The Bertz CT molecular complexity index is 232. The molecule has 3 heteroatoms. The van der Waals surface area contributed by atoms with Crippen molar-refractivity contribution in [3.05, 3.63) is 0 Å². The number of rotatable bonds is 6. The normalized spacial score (nSPS) is 16.2. The van der Waals surface area contributed by atoms with Gasteiger partial charge in [0.25, 0.3) is 0 Å². The van der Waals surface area contributed by atoms with Crippen LogP contribution in [0, 0.1) is 23.2 Å². The van der Waals surface area contributed by atoms with Gasteiger partial charge in [0, 0.05) is 6.04 Å². The summed E-state index contributed by atoms with van der Waals surface area (Å²) in [6, 6.07) is 2.17. The van der Waals surface area contributed by atoms with E-state index in [4.69, 9.17) is 5.26 Å². The second kappa shape index (κ2) is 7.28. The first-order chi connectivity index (χ1) is 7.04. The van der Waals surface area contributed by atoms with Crippen LogP contribution in [0.4, 0.5) is 0 Å². The molecule has 0 aromatic rings. The zero-order chi connectivity index (χ0) is 11.8. The minimum atomic E-state index is -0.496. The van der Waals surface area contributed by atoms with Crippen LogP contribution in [0.15, 0.2) is 0 Å². The van der Waals surface area contributed by atoms with E-state index in [1.54, 1.807) is 0 Å². The van der Waals surface area contributed by atoms with Gasteiger partial charge in [-0.05, 0) is 25.7 Å². The summed E-state index contributed by atoms with van der Waals surface area (Å²) >= 11 is 0. The monoisotopic (exact) mass is 210 g/mol. The first kappa shape index (κ1) is 14.0. The second-order valence-corrected chi connectivity index (χ2v) is 4.25. The summed E-state index contributed by atoms with van der Waals surface area (Å²) in [6.07, 6.45) is 2.68. The molecule has 0 saturated carbocycles. The number of carbonyl (C=O) groups excluding carboxylic acids is 1. The fourth-order valence-electron chi connectivity index (χ4n) is 1.51. The van der Waals surface area contributed by atoms with E-state index in [1.165, 1.54) is 0 Å². The van der Waals surface area contributed by atoms with E-state index in [1.807, 2.05) is 19.9 Å². The second-order valence-electron chi connectivity index (χ2n) is 4.25. The summed E-state index contributed by atoms with van der Waals surface area (Å²) in [5.74, 6) is -0.0114. The van der Waals surface area contributed by atoms with Gasteiger partial charge in [0.05, 0.1) is 6.07 Å². The van der Waals surface area contributed by atoms with Crippen LogP contribution in [0.25, 0.3) is 0 Å². The van der Waals surface area contributed by atoms with Gasteiger partial charge in [-0.15, -0.1) is 0 Å². The van der Waals surface area contributed by atoms with E-state index >= 15 is 0 Å². The largest absolute Gasteiger partial charge is 0.353 e. The molecule has 0 aliphatic carbocycles. The molecule has 0 aromatic heterocycles. The van der Waals surface area contributed by atoms with Crippen molar-refractivity contribution in [3.8, 4) is 6.07 Å². The number of carbonyl (C=O) groups is 1. The zero-order valence-corrected chi connectivity index (χ0v) is 10.2. The van der Waals surface area contributed by atoms with Gasteiger partial charge in [-0.25, -0.2) is 0 Å². The van der Waals surface area contributed by atoms with Crippen molar-refractivity contribution in [1.29, 1.82) is 5.26 Å². The fraction of sp³-hybridized carbons (Fsp3) is 0.833. The van der Waals surface area contributed by atoms with Crippen LogP contribution in [0.2, 0.25) is 0 Å². The van der Waals surface area contributed by atoms with Crippen molar-refractivity contribution >= 4 is 5.91 Å². The van der Waals surface area contributed by atoms with Crippen molar-refractivity contribution in [2.45, 2.75) is 53.0 Å². The molecule has 3 nitrogen and oxygen atoms in total. The van der Waals surface area contributed by atoms with Gasteiger partial charge in [0.1, 0.15) is 5.92 Å². The highest BCUT2D eigenvalue weighted by atomic mass is 16.1. The molecule has 86 valence electrons. The standard InChI is InChI=1S/C12H22N2O/c1-5-9(3)7-10(4)14-12(15)11(6-2)8-13/h9-11H,5-7H2,1-4H3,(H,14,15). The van der Waals surface area contributed by atoms with Crippen molar-refractivity contribution in [2.75, 3.05) is 0 Å². The Morgan fingerprint density at radius 3 is 2.33 bits per heavy atom. The highest BCUT2D eigenvalue weighted by Gasteiger charge is 2.17. The summed E-state index contributed by atoms with van der Waals surface area (Å²) < 4.78 is 0. The molecule has 0 rings (SSSR count). The van der Waals surface area contributed by atoms with Crippen molar-refractivity contribution in [2.24, 2.45) is 11.8 Å². The number of nitrogens with zero attached hydrogens (tertiary/aromatic N) is 1.